The lowest BCUT2D eigenvalue weighted by atomic mass is 10.00. The maximum Gasteiger partial charge on any atom is 0.249 e. The number of thiophene rings is 1. The summed E-state index contributed by atoms with van der Waals surface area (Å²) in [5.74, 6) is -0.341. The summed E-state index contributed by atoms with van der Waals surface area (Å²) in [6.45, 7) is 5.23. The minimum Gasteiger partial charge on any atom is -0.488 e. The fourth-order valence-electron chi connectivity index (χ4n) is 3.83. The molecule has 0 saturated carbocycles. The molecular formula is C24H31FN2O4S. The van der Waals surface area contributed by atoms with Crippen LogP contribution >= 0.6 is 11.3 Å². The van der Waals surface area contributed by atoms with E-state index in [0.29, 0.717) is 13.1 Å². The predicted octanol–water partition coefficient (Wildman–Crippen LogP) is 3.91. The number of benzene rings is 1. The van der Waals surface area contributed by atoms with Crippen molar-refractivity contribution < 1.29 is 23.5 Å². The Morgan fingerprint density at radius 2 is 2.09 bits per heavy atom. The molecular weight excluding hydrogens is 431 g/mol. The number of rotatable bonds is 10. The number of amides is 2. The molecule has 8 heteroatoms. The van der Waals surface area contributed by atoms with Crippen LogP contribution in [0.25, 0.3) is 0 Å². The van der Waals surface area contributed by atoms with E-state index in [1.807, 2.05) is 11.4 Å². The zero-order chi connectivity index (χ0) is 23.1. The van der Waals surface area contributed by atoms with Crippen molar-refractivity contribution in [3.63, 3.8) is 0 Å². The van der Waals surface area contributed by atoms with Gasteiger partial charge in [-0.05, 0) is 41.5 Å². The standard InChI is InChI=1S/C24H31FN2O4S/c1-4-17(2)13-26(24(29)16-30-3)14-23(28)27-11-9-22-18(10-12-32-22)20(27)15-31-21-8-6-5-7-19(21)25/h5-8,10,12,17,20H,4,9,11,13-16H2,1-3H3. The van der Waals surface area contributed by atoms with Gasteiger partial charge in [0.25, 0.3) is 0 Å². The molecule has 3 rings (SSSR count). The van der Waals surface area contributed by atoms with E-state index >= 15 is 0 Å². The van der Waals surface area contributed by atoms with Gasteiger partial charge in [-0.2, -0.15) is 0 Å². The van der Waals surface area contributed by atoms with Crippen LogP contribution in [0.5, 0.6) is 5.75 Å². The molecule has 32 heavy (non-hydrogen) atoms. The molecule has 2 heterocycles. The van der Waals surface area contributed by atoms with Crippen molar-refractivity contribution in [2.75, 3.05) is 40.0 Å². The van der Waals surface area contributed by atoms with Crippen LogP contribution in [-0.2, 0) is 20.7 Å². The van der Waals surface area contributed by atoms with Gasteiger partial charge in [-0.15, -0.1) is 11.3 Å². The average Bonchev–Trinajstić information content (AvgIpc) is 3.27. The first-order valence-electron chi connectivity index (χ1n) is 10.9. The molecule has 1 aliphatic rings. The molecule has 2 amide bonds. The molecule has 6 nitrogen and oxygen atoms in total. The van der Waals surface area contributed by atoms with Crippen LogP contribution in [0.2, 0.25) is 0 Å². The molecule has 174 valence electrons. The third-order valence-corrected chi connectivity index (χ3v) is 6.82. The number of nitrogens with zero attached hydrogens (tertiary/aromatic N) is 2. The van der Waals surface area contributed by atoms with E-state index in [4.69, 9.17) is 9.47 Å². The molecule has 0 radical (unpaired) electrons. The van der Waals surface area contributed by atoms with E-state index in [2.05, 4.69) is 13.8 Å². The molecule has 0 aliphatic carbocycles. The summed E-state index contributed by atoms with van der Waals surface area (Å²) in [6.07, 6.45) is 1.67. The van der Waals surface area contributed by atoms with Crippen LogP contribution in [-0.4, -0.2) is 61.6 Å². The monoisotopic (exact) mass is 462 g/mol. The number of carbonyl (C=O) groups is 2. The Kier molecular flexibility index (Phi) is 8.64. The second kappa shape index (κ2) is 11.4. The highest BCUT2D eigenvalue weighted by molar-refractivity contribution is 7.10. The first kappa shape index (κ1) is 24.2. The van der Waals surface area contributed by atoms with Crippen molar-refractivity contribution in [3.8, 4) is 5.75 Å². The van der Waals surface area contributed by atoms with Crippen molar-refractivity contribution in [1.82, 2.24) is 9.80 Å². The second-order valence-corrected chi connectivity index (χ2v) is 9.11. The Bertz CT molecular complexity index is 919. The fraction of sp³-hybridized carbons (Fsp3) is 0.500. The number of hydrogen-bond acceptors (Lipinski definition) is 5. The summed E-state index contributed by atoms with van der Waals surface area (Å²) < 4.78 is 24.9. The van der Waals surface area contributed by atoms with E-state index in [1.165, 1.54) is 18.1 Å². The fourth-order valence-corrected chi connectivity index (χ4v) is 4.76. The van der Waals surface area contributed by atoms with Gasteiger partial charge in [-0.25, -0.2) is 4.39 Å². The molecule has 0 fully saturated rings. The van der Waals surface area contributed by atoms with Crippen molar-refractivity contribution >= 4 is 23.2 Å². The summed E-state index contributed by atoms with van der Waals surface area (Å²) in [6, 6.07) is 7.92. The maximum atomic E-state index is 14.1. The molecule has 0 bridgehead atoms. The lowest BCUT2D eigenvalue weighted by molar-refractivity contribution is -0.145. The van der Waals surface area contributed by atoms with E-state index in [-0.39, 0.29) is 49.3 Å². The Morgan fingerprint density at radius 3 is 2.81 bits per heavy atom. The van der Waals surface area contributed by atoms with Crippen LogP contribution < -0.4 is 4.74 Å². The molecule has 2 atom stereocenters. The van der Waals surface area contributed by atoms with Gasteiger partial charge in [0.2, 0.25) is 11.8 Å². The summed E-state index contributed by atoms with van der Waals surface area (Å²) in [7, 11) is 1.47. The van der Waals surface area contributed by atoms with Crippen molar-refractivity contribution in [2.45, 2.75) is 32.7 Å². The van der Waals surface area contributed by atoms with Crippen molar-refractivity contribution in [1.29, 1.82) is 0 Å². The lowest BCUT2D eigenvalue weighted by Crippen LogP contribution is -2.49. The highest BCUT2D eigenvalue weighted by Crippen LogP contribution is 2.34. The Morgan fingerprint density at radius 1 is 1.31 bits per heavy atom. The largest absolute Gasteiger partial charge is 0.488 e. The van der Waals surface area contributed by atoms with E-state index in [1.54, 1.807) is 39.3 Å². The number of fused-ring (bicyclic) bond motifs is 1. The Hall–Kier alpha value is -2.45. The van der Waals surface area contributed by atoms with E-state index in [9.17, 15) is 14.0 Å². The van der Waals surface area contributed by atoms with Crippen LogP contribution in [0.1, 0.15) is 36.8 Å². The van der Waals surface area contributed by atoms with E-state index in [0.717, 1.165) is 18.4 Å². The third-order valence-electron chi connectivity index (χ3n) is 5.82. The normalized spacial score (nSPS) is 16.4. The molecule has 0 N–H and O–H groups in total. The Labute approximate surface area is 192 Å². The smallest absolute Gasteiger partial charge is 0.249 e. The number of halogens is 1. The summed E-state index contributed by atoms with van der Waals surface area (Å²) in [5, 5.41) is 2.01. The average molecular weight is 463 g/mol. The van der Waals surface area contributed by atoms with Gasteiger partial charge in [0.15, 0.2) is 11.6 Å². The first-order chi connectivity index (χ1) is 15.4. The lowest BCUT2D eigenvalue weighted by Gasteiger charge is -2.37. The van der Waals surface area contributed by atoms with Crippen LogP contribution in [0.4, 0.5) is 4.39 Å². The predicted molar refractivity (Wildman–Crippen MR) is 122 cm³/mol. The van der Waals surface area contributed by atoms with Crippen molar-refractivity contribution in [3.05, 3.63) is 52.0 Å². The van der Waals surface area contributed by atoms with Gasteiger partial charge in [0.1, 0.15) is 13.2 Å². The van der Waals surface area contributed by atoms with Gasteiger partial charge in [0, 0.05) is 25.1 Å². The molecule has 1 aliphatic heterocycles. The van der Waals surface area contributed by atoms with Gasteiger partial charge in [-0.1, -0.05) is 32.4 Å². The topological polar surface area (TPSA) is 59.1 Å². The number of hydrogen-bond donors (Lipinski definition) is 0. The van der Waals surface area contributed by atoms with Crippen LogP contribution in [0.3, 0.4) is 0 Å². The summed E-state index contributed by atoms with van der Waals surface area (Å²) in [5.41, 5.74) is 1.03. The van der Waals surface area contributed by atoms with Crippen LogP contribution in [0.15, 0.2) is 35.7 Å². The third kappa shape index (κ3) is 5.86. The highest BCUT2D eigenvalue weighted by Gasteiger charge is 2.33. The number of carbonyl (C=O) groups excluding carboxylic acids is 2. The second-order valence-electron chi connectivity index (χ2n) is 8.11. The molecule has 2 aromatic rings. The highest BCUT2D eigenvalue weighted by atomic mass is 32.1. The molecule has 0 saturated heterocycles. The van der Waals surface area contributed by atoms with Gasteiger partial charge in [0.05, 0.1) is 12.6 Å². The molecule has 1 aromatic heterocycles. The number of methoxy groups -OCH3 is 1. The quantitative estimate of drug-likeness (QED) is 0.537. The van der Waals surface area contributed by atoms with Crippen molar-refractivity contribution in [2.24, 2.45) is 5.92 Å². The number of ether oxygens (including phenoxy) is 2. The summed E-state index contributed by atoms with van der Waals surface area (Å²) >= 11 is 1.66. The molecule has 1 aromatic carbocycles. The van der Waals surface area contributed by atoms with Crippen LogP contribution in [0, 0.1) is 11.7 Å². The minimum absolute atomic E-state index is 0.0117. The maximum absolute atomic E-state index is 14.1. The summed E-state index contributed by atoms with van der Waals surface area (Å²) in [4.78, 5) is 30.5. The SMILES string of the molecule is CCC(C)CN(CC(=O)N1CCc2sccc2C1COc1ccccc1F)C(=O)COC. The first-order valence-corrected chi connectivity index (χ1v) is 11.8. The Balaban J connectivity index is 1.77. The van der Waals surface area contributed by atoms with E-state index < -0.39 is 5.82 Å². The van der Waals surface area contributed by atoms with Gasteiger partial charge in [-0.3, -0.25) is 9.59 Å². The number of para-hydroxylation sites is 1. The van der Waals surface area contributed by atoms with Gasteiger partial charge < -0.3 is 19.3 Å². The zero-order valence-corrected chi connectivity index (χ0v) is 19.7. The zero-order valence-electron chi connectivity index (χ0n) is 18.9. The molecule has 0 spiro atoms. The minimum atomic E-state index is -0.434. The molecule has 2 unspecified atom stereocenters. The van der Waals surface area contributed by atoms with Gasteiger partial charge >= 0.3 is 0 Å².